The number of fused-ring (bicyclic) bond motifs is 7. The number of carbonyl (C=O) groups is 3. The molecule has 7 heteroatoms. The molecule has 7 nitrogen and oxygen atoms in total. The van der Waals surface area contributed by atoms with Crippen LogP contribution in [0.3, 0.4) is 0 Å². The third-order valence-corrected chi connectivity index (χ3v) is 16.1. The van der Waals surface area contributed by atoms with E-state index in [1.807, 2.05) is 44.2 Å². The molecule has 0 bridgehead atoms. The predicted octanol–water partition coefficient (Wildman–Crippen LogP) is 10.1. The molecule has 5 fully saturated rings. The monoisotopic (exact) mass is 703 g/mol. The number of nitrogens with one attached hydrogen (secondary N) is 1. The molecule has 0 aromatic heterocycles. The van der Waals surface area contributed by atoms with Crippen molar-refractivity contribution in [3.8, 4) is 0 Å². The van der Waals surface area contributed by atoms with Crippen molar-refractivity contribution in [1.82, 2.24) is 5.32 Å². The molecule has 10 atom stereocenters. The van der Waals surface area contributed by atoms with E-state index in [4.69, 9.17) is 9.47 Å². The van der Waals surface area contributed by atoms with Crippen LogP contribution < -0.4 is 5.32 Å². The van der Waals surface area contributed by atoms with E-state index in [2.05, 4.69) is 53.4 Å². The summed E-state index contributed by atoms with van der Waals surface area (Å²) in [6, 6.07) is 9.91. The van der Waals surface area contributed by atoms with E-state index in [-0.39, 0.29) is 64.8 Å². The predicted molar refractivity (Wildman–Crippen MR) is 200 cm³/mol. The molecule has 51 heavy (non-hydrogen) atoms. The van der Waals surface area contributed by atoms with Crippen LogP contribution >= 0.6 is 0 Å². The summed E-state index contributed by atoms with van der Waals surface area (Å²) in [7, 11) is 0. The Kier molecular flexibility index (Phi) is 9.84. The van der Waals surface area contributed by atoms with E-state index >= 15 is 0 Å². The maximum Gasteiger partial charge on any atom is 0.407 e. The minimum Gasteiger partial charge on any atom is -0.481 e. The molecule has 5 aliphatic carbocycles. The van der Waals surface area contributed by atoms with Gasteiger partial charge >= 0.3 is 18.0 Å². The molecule has 1 aromatic rings. The van der Waals surface area contributed by atoms with Gasteiger partial charge in [0.15, 0.2) is 0 Å². The summed E-state index contributed by atoms with van der Waals surface area (Å²) in [5.74, 6) is 1.06. The van der Waals surface area contributed by atoms with Crippen LogP contribution in [0.5, 0.6) is 0 Å². The minimum absolute atomic E-state index is 0.0552. The van der Waals surface area contributed by atoms with Crippen molar-refractivity contribution in [3.63, 3.8) is 0 Å². The van der Waals surface area contributed by atoms with Crippen molar-refractivity contribution in [1.29, 1.82) is 0 Å². The quantitative estimate of drug-likeness (QED) is 0.196. The number of ether oxygens (including phenoxy) is 2. The van der Waals surface area contributed by atoms with Gasteiger partial charge in [-0.3, -0.25) is 9.59 Å². The fourth-order valence-corrected chi connectivity index (χ4v) is 13.6. The van der Waals surface area contributed by atoms with Gasteiger partial charge in [0, 0.05) is 11.0 Å². The second-order valence-corrected chi connectivity index (χ2v) is 19.8. The highest BCUT2D eigenvalue weighted by Gasteiger charge is 2.71. The lowest BCUT2D eigenvalue weighted by Crippen LogP contribution is -2.69. The summed E-state index contributed by atoms with van der Waals surface area (Å²) in [5, 5.41) is 12.9. The fourth-order valence-electron chi connectivity index (χ4n) is 13.6. The molecule has 5 saturated carbocycles. The second kappa shape index (κ2) is 13.2. The van der Waals surface area contributed by atoms with Crippen molar-refractivity contribution >= 4 is 18.0 Å². The van der Waals surface area contributed by atoms with Crippen LogP contribution in [0.2, 0.25) is 0 Å². The number of carboxylic acid groups (broad SMARTS) is 1. The normalized spacial score (nSPS) is 39.7. The standard InChI is InChI=1S/C44H65NO6/c1-28(2)30-17-22-44(45-38(49)50-27-29-13-11-10-12-14-29)24-23-42(8)31(37(30)44)15-16-33-41(7)20-19-34(40(5,6)32(41)18-21-43(33,42)9)51-36(48)26-39(3,4)25-35(46)47/h10-14,30-34,37H,1,15-27H2,2-9H3,(H,45,49)(H,46,47)/t30-,31+,32-,33+,34-,37+,41-,42+,43+,44-/m0/s1. The Morgan fingerprint density at radius 3 is 2.24 bits per heavy atom. The highest BCUT2D eigenvalue weighted by molar-refractivity contribution is 5.73. The average molecular weight is 704 g/mol. The largest absolute Gasteiger partial charge is 0.481 e. The molecule has 2 N–H and O–H groups in total. The Morgan fingerprint density at radius 1 is 0.863 bits per heavy atom. The smallest absolute Gasteiger partial charge is 0.407 e. The van der Waals surface area contributed by atoms with Gasteiger partial charge in [-0.25, -0.2) is 4.79 Å². The first kappa shape index (κ1) is 37.9. The molecule has 5 aliphatic rings. The third kappa shape index (κ3) is 6.45. The third-order valence-electron chi connectivity index (χ3n) is 16.1. The number of carbonyl (C=O) groups excluding carboxylic acids is 2. The van der Waals surface area contributed by atoms with Crippen molar-refractivity contribution < 1.29 is 29.0 Å². The van der Waals surface area contributed by atoms with Crippen molar-refractivity contribution in [2.24, 2.45) is 56.7 Å². The molecule has 0 radical (unpaired) electrons. The van der Waals surface area contributed by atoms with Crippen LogP contribution in [0.1, 0.15) is 138 Å². The van der Waals surface area contributed by atoms with Crippen molar-refractivity contribution in [2.45, 2.75) is 151 Å². The van der Waals surface area contributed by atoms with E-state index in [1.54, 1.807) is 0 Å². The Balaban J connectivity index is 1.21. The highest BCUT2D eigenvalue weighted by Crippen LogP contribution is 2.76. The van der Waals surface area contributed by atoms with E-state index in [1.165, 1.54) is 12.0 Å². The van der Waals surface area contributed by atoms with Gasteiger partial charge in [-0.2, -0.15) is 0 Å². The van der Waals surface area contributed by atoms with Gasteiger partial charge in [0.05, 0.1) is 12.8 Å². The number of esters is 1. The number of carboxylic acids is 1. The van der Waals surface area contributed by atoms with Gasteiger partial charge in [0.25, 0.3) is 0 Å². The number of rotatable bonds is 9. The topological polar surface area (TPSA) is 102 Å². The van der Waals surface area contributed by atoms with Gasteiger partial charge in [-0.1, -0.05) is 91.0 Å². The first-order valence-corrected chi connectivity index (χ1v) is 19.8. The number of allylic oxidation sites excluding steroid dienone is 1. The number of hydrogen-bond acceptors (Lipinski definition) is 5. The SMILES string of the molecule is C=C(C)[C@@H]1CC[C@]2(NC(=O)OCc3ccccc3)CC[C@]3(C)[C@H](CC[C@@H]4[C@@]5(C)CC[C@H](OC(=O)CC(C)(C)CC(=O)O)C(C)(C)[C@@H]5CC[C@]43C)[C@@H]12. The lowest BCUT2D eigenvalue weighted by molar-refractivity contribution is -0.246. The summed E-state index contributed by atoms with van der Waals surface area (Å²) in [6.07, 6.45) is 10.2. The zero-order valence-corrected chi connectivity index (χ0v) is 32.7. The first-order valence-electron chi connectivity index (χ1n) is 19.8. The number of alkyl carbamates (subject to hydrolysis) is 1. The summed E-state index contributed by atoms with van der Waals surface area (Å²) in [5.41, 5.74) is 1.57. The van der Waals surface area contributed by atoms with E-state index in [9.17, 15) is 19.5 Å². The molecule has 1 aromatic carbocycles. The summed E-state index contributed by atoms with van der Waals surface area (Å²) in [4.78, 5) is 38.1. The van der Waals surface area contributed by atoms with E-state index < -0.39 is 11.4 Å². The minimum atomic E-state index is -0.889. The van der Waals surface area contributed by atoms with Gasteiger partial charge in [-0.15, -0.1) is 0 Å². The molecule has 0 saturated heterocycles. The number of benzene rings is 1. The van der Waals surface area contributed by atoms with Crippen LogP contribution in [0.15, 0.2) is 42.5 Å². The number of amides is 1. The molecule has 0 aliphatic heterocycles. The van der Waals surface area contributed by atoms with Crippen LogP contribution in [0.4, 0.5) is 4.79 Å². The van der Waals surface area contributed by atoms with Crippen LogP contribution in [0, 0.1) is 56.7 Å². The van der Waals surface area contributed by atoms with Gasteiger partial charge in [-0.05, 0) is 128 Å². The van der Waals surface area contributed by atoms with Crippen LogP contribution in [0.25, 0.3) is 0 Å². The molecule has 0 spiro atoms. The molecular weight excluding hydrogens is 638 g/mol. The summed E-state index contributed by atoms with van der Waals surface area (Å²) >= 11 is 0. The Hall–Kier alpha value is -2.83. The van der Waals surface area contributed by atoms with E-state index in [0.29, 0.717) is 29.6 Å². The number of hydrogen-bond donors (Lipinski definition) is 2. The Morgan fingerprint density at radius 2 is 1.57 bits per heavy atom. The maximum absolute atomic E-state index is 13.5. The van der Waals surface area contributed by atoms with Crippen molar-refractivity contribution in [2.75, 3.05) is 0 Å². The summed E-state index contributed by atoms with van der Waals surface area (Å²) in [6.45, 7) is 23.1. The molecule has 282 valence electrons. The average Bonchev–Trinajstić information content (AvgIpc) is 3.41. The maximum atomic E-state index is 13.5. The first-order chi connectivity index (χ1) is 23.8. The van der Waals surface area contributed by atoms with Crippen LogP contribution in [-0.2, 0) is 25.7 Å². The molecule has 1 amide bonds. The number of aliphatic carboxylic acids is 1. The van der Waals surface area contributed by atoms with Crippen LogP contribution in [-0.4, -0.2) is 34.8 Å². The lowest BCUT2D eigenvalue weighted by Gasteiger charge is -2.73. The van der Waals surface area contributed by atoms with Gasteiger partial charge in [0.1, 0.15) is 12.7 Å². The van der Waals surface area contributed by atoms with Gasteiger partial charge in [0.2, 0.25) is 0 Å². The molecule has 6 rings (SSSR count). The highest BCUT2D eigenvalue weighted by atomic mass is 16.6. The zero-order chi connectivity index (χ0) is 37.2. The van der Waals surface area contributed by atoms with Gasteiger partial charge < -0.3 is 19.9 Å². The summed E-state index contributed by atoms with van der Waals surface area (Å²) < 4.78 is 12.1. The Bertz CT molecular complexity index is 1520. The molecule has 0 heterocycles. The zero-order valence-electron chi connectivity index (χ0n) is 32.7. The Labute approximate surface area is 307 Å². The molecular formula is C44H65NO6. The molecule has 0 unspecified atom stereocenters. The fraction of sp³-hybridized carbons (Fsp3) is 0.750. The lowest BCUT2D eigenvalue weighted by atomic mass is 9.32. The second-order valence-electron chi connectivity index (χ2n) is 19.8. The van der Waals surface area contributed by atoms with Crippen molar-refractivity contribution in [3.05, 3.63) is 48.0 Å². The van der Waals surface area contributed by atoms with E-state index in [0.717, 1.165) is 63.4 Å².